The Balaban J connectivity index is 1.34. The van der Waals surface area contributed by atoms with Gasteiger partial charge in [-0.2, -0.15) is 0 Å². The number of imide groups is 1. The molecule has 0 radical (unpaired) electrons. The van der Waals surface area contributed by atoms with Gasteiger partial charge in [-0.3, -0.25) is 14.9 Å². The molecule has 2 N–H and O–H groups in total. The summed E-state index contributed by atoms with van der Waals surface area (Å²) in [6.45, 7) is 2.42. The highest BCUT2D eigenvalue weighted by Crippen LogP contribution is 2.35. The molecule has 0 spiro atoms. The third-order valence-electron chi connectivity index (χ3n) is 4.98. The van der Waals surface area contributed by atoms with E-state index in [2.05, 4.69) is 5.32 Å². The van der Waals surface area contributed by atoms with Crippen molar-refractivity contribution < 1.29 is 24.2 Å². The normalized spacial score (nSPS) is 23.7. The highest BCUT2D eigenvalue weighted by Gasteiger charge is 2.33. The molecule has 2 amide bonds. The summed E-state index contributed by atoms with van der Waals surface area (Å²) in [5.41, 5.74) is 1.54. The molecule has 2 aliphatic heterocycles. The zero-order valence-corrected chi connectivity index (χ0v) is 16.3. The number of carbonyl (C=O) groups excluding carboxylic acids is 2. The van der Waals surface area contributed by atoms with Crippen LogP contribution in [0.2, 0.25) is 0 Å². The van der Waals surface area contributed by atoms with Crippen molar-refractivity contribution >= 4 is 22.9 Å². The van der Waals surface area contributed by atoms with Crippen LogP contribution in [0.25, 0.3) is 0 Å². The van der Waals surface area contributed by atoms with Crippen molar-refractivity contribution in [3.05, 3.63) is 53.6 Å². The van der Waals surface area contributed by atoms with E-state index in [1.165, 1.54) is 0 Å². The van der Waals surface area contributed by atoms with E-state index < -0.39 is 5.60 Å². The standard InChI is InChI=1S/C21H21NO5S/c1-21(9-8-14-11-15(23)4-7-17(14)27-21)12-26-16-5-2-13(3-6-16)10-18-19(24)22-20(25)28-18/h2-7,11,18,23H,8-10,12H2,1H3,(H,22,24,25). The van der Waals surface area contributed by atoms with Crippen LogP contribution >= 0.6 is 11.8 Å². The van der Waals surface area contributed by atoms with Gasteiger partial charge in [0.05, 0.1) is 5.25 Å². The van der Waals surface area contributed by atoms with Crippen molar-refractivity contribution in [2.24, 2.45) is 0 Å². The predicted molar refractivity (Wildman–Crippen MR) is 106 cm³/mol. The number of rotatable bonds is 5. The molecule has 7 heteroatoms. The Morgan fingerprint density at radius 2 is 2.04 bits per heavy atom. The number of nitrogens with one attached hydrogen (secondary N) is 1. The van der Waals surface area contributed by atoms with E-state index in [9.17, 15) is 14.7 Å². The van der Waals surface area contributed by atoms with Gasteiger partial charge < -0.3 is 14.6 Å². The monoisotopic (exact) mass is 399 g/mol. The first kappa shape index (κ1) is 18.7. The van der Waals surface area contributed by atoms with Gasteiger partial charge >= 0.3 is 0 Å². The zero-order valence-electron chi connectivity index (χ0n) is 15.4. The Kier molecular flexibility index (Phi) is 4.93. The first-order valence-corrected chi connectivity index (χ1v) is 10.0. The van der Waals surface area contributed by atoms with E-state index in [1.807, 2.05) is 31.2 Å². The molecule has 0 saturated carbocycles. The summed E-state index contributed by atoms with van der Waals surface area (Å²) in [5.74, 6) is 1.53. The van der Waals surface area contributed by atoms with Crippen molar-refractivity contribution in [2.75, 3.05) is 6.61 Å². The molecule has 6 nitrogen and oxygen atoms in total. The van der Waals surface area contributed by atoms with Crippen LogP contribution in [0.4, 0.5) is 4.79 Å². The fraction of sp³-hybridized carbons (Fsp3) is 0.333. The molecular formula is C21H21NO5S. The number of amides is 2. The predicted octanol–water partition coefficient (Wildman–Crippen LogP) is 3.45. The molecular weight excluding hydrogens is 378 g/mol. The second-order valence-corrected chi connectivity index (χ2v) is 8.54. The third-order valence-corrected chi connectivity index (χ3v) is 5.96. The van der Waals surface area contributed by atoms with Gasteiger partial charge in [-0.05, 0) is 67.6 Å². The number of aryl methyl sites for hydroxylation is 1. The van der Waals surface area contributed by atoms with Gasteiger partial charge in [0.2, 0.25) is 5.91 Å². The number of thioether (sulfide) groups is 1. The molecule has 0 aromatic heterocycles. The largest absolute Gasteiger partial charge is 0.508 e. The maximum atomic E-state index is 11.7. The molecule has 2 heterocycles. The topological polar surface area (TPSA) is 84.9 Å². The number of carbonyl (C=O) groups is 2. The Labute approximate surface area is 167 Å². The first-order chi connectivity index (χ1) is 13.4. The minimum absolute atomic E-state index is 0.230. The summed E-state index contributed by atoms with van der Waals surface area (Å²) in [6.07, 6.45) is 2.12. The maximum absolute atomic E-state index is 11.7. The molecule has 2 aromatic rings. The summed E-state index contributed by atoms with van der Waals surface area (Å²) in [6, 6.07) is 12.7. The number of aromatic hydroxyl groups is 1. The van der Waals surface area contributed by atoms with Crippen molar-refractivity contribution in [3.63, 3.8) is 0 Å². The lowest BCUT2D eigenvalue weighted by Gasteiger charge is -2.35. The number of ether oxygens (including phenoxy) is 2. The van der Waals surface area contributed by atoms with Crippen LogP contribution in [0.1, 0.15) is 24.5 Å². The summed E-state index contributed by atoms with van der Waals surface area (Å²) >= 11 is 1.03. The molecule has 4 rings (SSSR count). The Morgan fingerprint density at radius 3 is 2.75 bits per heavy atom. The van der Waals surface area contributed by atoms with Gasteiger partial charge in [-0.1, -0.05) is 23.9 Å². The van der Waals surface area contributed by atoms with E-state index in [0.29, 0.717) is 13.0 Å². The van der Waals surface area contributed by atoms with Crippen molar-refractivity contribution in [1.29, 1.82) is 0 Å². The number of phenolic OH excluding ortho intramolecular Hbond substituents is 1. The van der Waals surface area contributed by atoms with Crippen molar-refractivity contribution in [2.45, 2.75) is 37.0 Å². The molecule has 28 heavy (non-hydrogen) atoms. The third kappa shape index (κ3) is 4.09. The summed E-state index contributed by atoms with van der Waals surface area (Å²) in [4.78, 5) is 22.9. The Morgan fingerprint density at radius 1 is 1.25 bits per heavy atom. The van der Waals surface area contributed by atoms with E-state index in [0.717, 1.165) is 47.2 Å². The van der Waals surface area contributed by atoms with Crippen molar-refractivity contribution in [3.8, 4) is 17.2 Å². The smallest absolute Gasteiger partial charge is 0.286 e. The fourth-order valence-corrected chi connectivity index (χ4v) is 4.24. The number of benzene rings is 2. The lowest BCUT2D eigenvalue weighted by Crippen LogP contribution is -2.42. The van der Waals surface area contributed by atoms with E-state index >= 15 is 0 Å². The Hall–Kier alpha value is -2.67. The summed E-state index contributed by atoms with van der Waals surface area (Å²) in [7, 11) is 0. The number of hydrogen-bond acceptors (Lipinski definition) is 6. The molecule has 1 fully saturated rings. The molecule has 1 saturated heterocycles. The quantitative estimate of drug-likeness (QED) is 0.801. The van der Waals surface area contributed by atoms with Crippen LogP contribution in [-0.2, 0) is 17.6 Å². The van der Waals surface area contributed by atoms with Crippen molar-refractivity contribution in [1.82, 2.24) is 5.32 Å². The van der Waals surface area contributed by atoms with Gasteiger partial charge in [0, 0.05) is 0 Å². The second-order valence-electron chi connectivity index (χ2n) is 7.36. The van der Waals surface area contributed by atoms with Gasteiger partial charge in [0.25, 0.3) is 5.24 Å². The Bertz CT molecular complexity index is 914. The molecule has 0 bridgehead atoms. The van der Waals surface area contributed by atoms with Crippen LogP contribution in [0.15, 0.2) is 42.5 Å². The molecule has 0 aliphatic carbocycles. The molecule has 146 valence electrons. The SMILES string of the molecule is CC1(COc2ccc(CC3SC(=O)NC3=O)cc2)CCc2cc(O)ccc2O1. The average Bonchev–Trinajstić information content (AvgIpc) is 2.98. The van der Waals surface area contributed by atoms with Crippen LogP contribution < -0.4 is 14.8 Å². The zero-order chi connectivity index (χ0) is 19.7. The van der Waals surface area contributed by atoms with Crippen LogP contribution in [0.5, 0.6) is 17.2 Å². The molecule has 2 unspecified atom stereocenters. The molecule has 2 aliphatic rings. The van der Waals surface area contributed by atoms with Gasteiger partial charge in [0.1, 0.15) is 29.5 Å². The first-order valence-electron chi connectivity index (χ1n) is 9.14. The molecule has 2 atom stereocenters. The summed E-state index contributed by atoms with van der Waals surface area (Å²) < 4.78 is 12.1. The minimum atomic E-state index is -0.443. The number of fused-ring (bicyclic) bond motifs is 1. The number of hydrogen-bond donors (Lipinski definition) is 2. The lowest BCUT2D eigenvalue weighted by atomic mass is 9.93. The number of phenols is 1. The minimum Gasteiger partial charge on any atom is -0.508 e. The van der Waals surface area contributed by atoms with Crippen LogP contribution in [-0.4, -0.2) is 33.7 Å². The van der Waals surface area contributed by atoms with E-state index in [-0.39, 0.29) is 22.1 Å². The lowest BCUT2D eigenvalue weighted by molar-refractivity contribution is -0.118. The van der Waals surface area contributed by atoms with Crippen LogP contribution in [0.3, 0.4) is 0 Å². The molecule has 2 aromatic carbocycles. The maximum Gasteiger partial charge on any atom is 0.286 e. The van der Waals surface area contributed by atoms with Crippen LogP contribution in [0, 0.1) is 0 Å². The fourth-order valence-electron chi connectivity index (χ4n) is 3.38. The van der Waals surface area contributed by atoms with Gasteiger partial charge in [-0.25, -0.2) is 0 Å². The summed E-state index contributed by atoms with van der Waals surface area (Å²) in [5, 5.41) is 11.2. The highest BCUT2D eigenvalue weighted by molar-refractivity contribution is 8.15. The average molecular weight is 399 g/mol. The highest BCUT2D eigenvalue weighted by atomic mass is 32.2. The second kappa shape index (κ2) is 7.39. The van der Waals surface area contributed by atoms with Gasteiger partial charge in [0.15, 0.2) is 0 Å². The van der Waals surface area contributed by atoms with E-state index in [1.54, 1.807) is 18.2 Å². The van der Waals surface area contributed by atoms with E-state index in [4.69, 9.17) is 9.47 Å². The van der Waals surface area contributed by atoms with Gasteiger partial charge in [-0.15, -0.1) is 0 Å².